The zero-order valence-corrected chi connectivity index (χ0v) is 7.73. The van der Waals surface area contributed by atoms with Crippen molar-refractivity contribution in [2.24, 2.45) is 0 Å². The molecule has 0 N–H and O–H groups in total. The molecule has 66 valence electrons. The summed E-state index contributed by atoms with van der Waals surface area (Å²) in [5.41, 5.74) is 0.966. The van der Waals surface area contributed by atoms with Gasteiger partial charge in [0.05, 0.1) is 6.33 Å². The Hall–Kier alpha value is -0.370. The monoisotopic (exact) mass is 159 g/mol. The Labute approximate surface area is 68.9 Å². The van der Waals surface area contributed by atoms with Gasteiger partial charge in [-0.2, -0.15) is 0 Å². The van der Waals surface area contributed by atoms with Gasteiger partial charge in [-0.15, -0.1) is 0 Å². The molecule has 2 heteroatoms. The van der Waals surface area contributed by atoms with E-state index in [1.54, 1.807) is 0 Å². The minimum atomic E-state index is 0.757. The number of rotatable bonds is 0. The Morgan fingerprint density at radius 1 is 1.27 bits per heavy atom. The topological polar surface area (TPSA) is 3.24 Å². The summed E-state index contributed by atoms with van der Waals surface area (Å²) in [5, 5.41) is 0. The summed E-state index contributed by atoms with van der Waals surface area (Å²) in [7, 11) is 2.06. The molecule has 1 heterocycles. The highest BCUT2D eigenvalue weighted by Crippen LogP contribution is 2.13. The zero-order chi connectivity index (χ0) is 8.69. The number of nitrogens with zero attached hydrogens (tertiary/aromatic N) is 1. The molecule has 0 radical (unpaired) electrons. The third kappa shape index (κ3) is 4.14. The van der Waals surface area contributed by atoms with Crippen LogP contribution < -0.4 is 0 Å². The van der Waals surface area contributed by atoms with Crippen LogP contribution in [0, 0.1) is 0 Å². The molecule has 0 unspecified atom stereocenters. The number of halogens is 1. The Balaban J connectivity index is 0.000000461. The van der Waals surface area contributed by atoms with Crippen molar-refractivity contribution in [2.75, 3.05) is 20.1 Å². The van der Waals surface area contributed by atoms with Gasteiger partial charge < -0.3 is 4.90 Å². The highest BCUT2D eigenvalue weighted by atomic mass is 19.1. The van der Waals surface area contributed by atoms with E-state index in [9.17, 15) is 4.39 Å². The summed E-state index contributed by atoms with van der Waals surface area (Å²) in [4.78, 5) is 2.22. The molecule has 1 aliphatic rings. The van der Waals surface area contributed by atoms with Crippen molar-refractivity contribution in [3.8, 4) is 0 Å². The van der Waals surface area contributed by atoms with Gasteiger partial charge in [0.25, 0.3) is 0 Å². The Kier molecular flexibility index (Phi) is 6.13. The maximum absolute atomic E-state index is 11.8. The predicted octanol–water partition coefficient (Wildman–Crippen LogP) is 2.59. The van der Waals surface area contributed by atoms with Crippen molar-refractivity contribution in [3.63, 3.8) is 0 Å². The number of hydrogen-bond acceptors (Lipinski definition) is 1. The Morgan fingerprint density at radius 3 is 2.09 bits per heavy atom. The van der Waals surface area contributed by atoms with Crippen LogP contribution in [0.2, 0.25) is 0 Å². The van der Waals surface area contributed by atoms with Gasteiger partial charge in [0.15, 0.2) is 0 Å². The van der Waals surface area contributed by atoms with Crippen LogP contribution in [-0.2, 0) is 0 Å². The van der Waals surface area contributed by atoms with Crippen LogP contribution in [0.1, 0.15) is 26.7 Å². The molecule has 1 fully saturated rings. The summed E-state index contributed by atoms with van der Waals surface area (Å²) in [6.45, 7) is 6.02. The van der Waals surface area contributed by atoms with Crippen LogP contribution in [0.25, 0.3) is 0 Å². The smallest absolute Gasteiger partial charge is 0.0859 e. The van der Waals surface area contributed by atoms with E-state index in [1.165, 1.54) is 0 Å². The van der Waals surface area contributed by atoms with Crippen molar-refractivity contribution in [2.45, 2.75) is 26.7 Å². The van der Waals surface area contributed by atoms with Crippen molar-refractivity contribution >= 4 is 0 Å². The van der Waals surface area contributed by atoms with Gasteiger partial charge in [0, 0.05) is 13.1 Å². The van der Waals surface area contributed by atoms with E-state index in [1.807, 2.05) is 13.8 Å². The lowest BCUT2D eigenvalue weighted by molar-refractivity contribution is 0.310. The fraction of sp³-hybridized carbons (Fsp3) is 0.778. The molecule has 0 bridgehead atoms. The summed E-state index contributed by atoms with van der Waals surface area (Å²) in [6, 6.07) is 0. The SMILES string of the molecule is CC.CN1CCC(=CF)CC1. The van der Waals surface area contributed by atoms with Gasteiger partial charge in [0.1, 0.15) is 0 Å². The molecule has 0 aromatic rings. The fourth-order valence-electron chi connectivity index (χ4n) is 1.01. The van der Waals surface area contributed by atoms with E-state index in [0.717, 1.165) is 37.8 Å². The molecule has 0 aromatic carbocycles. The summed E-state index contributed by atoms with van der Waals surface area (Å²) in [5.74, 6) is 0. The first-order valence-electron chi connectivity index (χ1n) is 4.29. The summed E-state index contributed by atoms with van der Waals surface area (Å²) < 4.78 is 11.8. The molecular weight excluding hydrogens is 141 g/mol. The van der Waals surface area contributed by atoms with Crippen molar-refractivity contribution < 1.29 is 4.39 Å². The number of hydrogen-bond donors (Lipinski definition) is 0. The molecule has 0 atom stereocenters. The Morgan fingerprint density at radius 2 is 1.73 bits per heavy atom. The van der Waals surface area contributed by atoms with Crippen molar-refractivity contribution in [3.05, 3.63) is 11.9 Å². The number of likely N-dealkylation sites (tertiary alicyclic amines) is 1. The average Bonchev–Trinajstić information content (AvgIpc) is 2.10. The summed E-state index contributed by atoms with van der Waals surface area (Å²) in [6.07, 6.45) is 2.58. The van der Waals surface area contributed by atoms with Gasteiger partial charge in [-0.25, -0.2) is 4.39 Å². The molecule has 0 amide bonds. The molecule has 1 saturated heterocycles. The normalized spacial score (nSPS) is 18.7. The molecule has 0 aliphatic carbocycles. The van der Waals surface area contributed by atoms with Gasteiger partial charge in [-0.05, 0) is 25.5 Å². The third-order valence-electron chi connectivity index (χ3n) is 1.78. The predicted molar refractivity (Wildman–Crippen MR) is 47.3 cm³/mol. The molecule has 1 nitrogen and oxygen atoms in total. The average molecular weight is 159 g/mol. The van der Waals surface area contributed by atoms with E-state index in [4.69, 9.17) is 0 Å². The molecule has 0 spiro atoms. The second-order valence-electron chi connectivity index (χ2n) is 2.57. The molecule has 0 saturated carbocycles. The van der Waals surface area contributed by atoms with Gasteiger partial charge >= 0.3 is 0 Å². The second-order valence-corrected chi connectivity index (χ2v) is 2.57. The molecular formula is C9H18FN. The first-order valence-corrected chi connectivity index (χ1v) is 4.29. The lowest BCUT2D eigenvalue weighted by atomic mass is 10.1. The summed E-state index contributed by atoms with van der Waals surface area (Å²) >= 11 is 0. The first-order chi connectivity index (χ1) is 5.33. The highest BCUT2D eigenvalue weighted by Gasteiger charge is 2.08. The van der Waals surface area contributed by atoms with Crippen LogP contribution >= 0.6 is 0 Å². The van der Waals surface area contributed by atoms with Crippen LogP contribution in [0.15, 0.2) is 11.9 Å². The minimum Gasteiger partial charge on any atom is -0.306 e. The van der Waals surface area contributed by atoms with E-state index >= 15 is 0 Å². The van der Waals surface area contributed by atoms with Crippen LogP contribution in [0.3, 0.4) is 0 Å². The van der Waals surface area contributed by atoms with Crippen LogP contribution in [0.4, 0.5) is 4.39 Å². The minimum absolute atomic E-state index is 0.757. The van der Waals surface area contributed by atoms with E-state index < -0.39 is 0 Å². The highest BCUT2D eigenvalue weighted by molar-refractivity contribution is 5.01. The van der Waals surface area contributed by atoms with Crippen LogP contribution in [-0.4, -0.2) is 25.0 Å². The van der Waals surface area contributed by atoms with Gasteiger partial charge in [0.2, 0.25) is 0 Å². The zero-order valence-electron chi connectivity index (χ0n) is 7.73. The maximum Gasteiger partial charge on any atom is 0.0859 e. The standard InChI is InChI=1S/C7H12FN.C2H6/c1-9-4-2-7(6-8)3-5-9;1-2/h6H,2-5H2,1H3;1-2H3. The molecule has 11 heavy (non-hydrogen) atoms. The maximum atomic E-state index is 11.8. The number of piperidine rings is 1. The lowest BCUT2D eigenvalue weighted by Crippen LogP contribution is -2.26. The fourth-order valence-corrected chi connectivity index (χ4v) is 1.01. The van der Waals surface area contributed by atoms with E-state index in [-0.39, 0.29) is 0 Å². The largest absolute Gasteiger partial charge is 0.306 e. The molecule has 0 aromatic heterocycles. The van der Waals surface area contributed by atoms with Gasteiger partial charge in [-0.1, -0.05) is 13.8 Å². The third-order valence-corrected chi connectivity index (χ3v) is 1.78. The van der Waals surface area contributed by atoms with Gasteiger partial charge in [-0.3, -0.25) is 0 Å². The quantitative estimate of drug-likeness (QED) is 0.525. The van der Waals surface area contributed by atoms with Crippen molar-refractivity contribution in [1.82, 2.24) is 4.90 Å². The lowest BCUT2D eigenvalue weighted by Gasteiger charge is -2.22. The van der Waals surface area contributed by atoms with Crippen molar-refractivity contribution in [1.29, 1.82) is 0 Å². The van der Waals surface area contributed by atoms with Crippen LogP contribution in [0.5, 0.6) is 0 Å². The Bertz CT molecular complexity index is 111. The molecule has 1 aliphatic heterocycles. The van der Waals surface area contributed by atoms with E-state index in [0.29, 0.717) is 0 Å². The molecule has 1 rings (SSSR count). The van der Waals surface area contributed by atoms with E-state index in [2.05, 4.69) is 11.9 Å². The second kappa shape index (κ2) is 6.35. The first kappa shape index (κ1) is 10.6.